The van der Waals surface area contributed by atoms with E-state index in [2.05, 4.69) is 40.5 Å². The lowest BCUT2D eigenvalue weighted by Gasteiger charge is -2.27. The third-order valence-corrected chi connectivity index (χ3v) is 4.44. The summed E-state index contributed by atoms with van der Waals surface area (Å²) in [6, 6.07) is 2.78. The first-order valence-electron chi connectivity index (χ1n) is 7.05. The number of nitrogens with one attached hydrogen (secondary N) is 2. The van der Waals surface area contributed by atoms with Gasteiger partial charge in [-0.15, -0.1) is 11.3 Å². The maximum atomic E-state index is 4.65. The van der Waals surface area contributed by atoms with Crippen LogP contribution < -0.4 is 10.6 Å². The molecule has 2 aromatic heterocycles. The molecule has 19 heavy (non-hydrogen) atoms. The number of fused-ring (bicyclic) bond motifs is 1. The van der Waals surface area contributed by atoms with Gasteiger partial charge < -0.3 is 10.6 Å². The fraction of sp³-hybridized carbons (Fsp3) is 0.571. The normalized spacial score (nSPS) is 15.5. The van der Waals surface area contributed by atoms with Crippen LogP contribution in [0.4, 0.5) is 11.8 Å². The number of anilines is 2. The first-order valence-corrected chi connectivity index (χ1v) is 7.86. The van der Waals surface area contributed by atoms with Gasteiger partial charge in [0.05, 0.1) is 5.39 Å². The van der Waals surface area contributed by atoms with Crippen molar-refractivity contribution in [3.05, 3.63) is 10.9 Å². The van der Waals surface area contributed by atoms with Crippen molar-refractivity contribution in [3.8, 4) is 0 Å². The van der Waals surface area contributed by atoms with Gasteiger partial charge in [0.1, 0.15) is 10.6 Å². The smallest absolute Gasteiger partial charge is 0.226 e. The molecule has 0 atom stereocenters. The third-order valence-electron chi connectivity index (χ3n) is 3.50. The molecule has 0 amide bonds. The van der Waals surface area contributed by atoms with Crippen LogP contribution in [-0.2, 0) is 0 Å². The molecule has 2 aromatic rings. The highest BCUT2D eigenvalue weighted by molar-refractivity contribution is 7.18. The molecule has 2 heterocycles. The molecule has 102 valence electrons. The van der Waals surface area contributed by atoms with Crippen LogP contribution in [0.5, 0.6) is 0 Å². The van der Waals surface area contributed by atoms with Gasteiger partial charge in [-0.2, -0.15) is 4.98 Å². The summed E-state index contributed by atoms with van der Waals surface area (Å²) < 4.78 is 0. The minimum Gasteiger partial charge on any atom is -0.367 e. The monoisotopic (exact) mass is 276 g/mol. The van der Waals surface area contributed by atoms with E-state index in [0.717, 1.165) is 34.9 Å². The van der Waals surface area contributed by atoms with Crippen LogP contribution in [0.2, 0.25) is 0 Å². The summed E-state index contributed by atoms with van der Waals surface area (Å²) in [4.78, 5) is 11.6. The molecule has 1 aliphatic rings. The zero-order chi connectivity index (χ0) is 13.2. The van der Waals surface area contributed by atoms with Crippen molar-refractivity contribution in [3.63, 3.8) is 0 Å². The second kappa shape index (κ2) is 5.33. The Morgan fingerprint density at radius 1 is 1.37 bits per heavy atom. The van der Waals surface area contributed by atoms with Gasteiger partial charge in [-0.3, -0.25) is 0 Å². The van der Waals surface area contributed by atoms with Gasteiger partial charge >= 0.3 is 0 Å². The van der Waals surface area contributed by atoms with Gasteiger partial charge in [0, 0.05) is 17.5 Å². The number of hydrogen-bond donors (Lipinski definition) is 2. The van der Waals surface area contributed by atoms with Crippen molar-refractivity contribution in [1.29, 1.82) is 0 Å². The van der Waals surface area contributed by atoms with Gasteiger partial charge in [-0.1, -0.05) is 6.92 Å². The van der Waals surface area contributed by atoms with E-state index in [4.69, 9.17) is 0 Å². The van der Waals surface area contributed by atoms with Crippen LogP contribution in [0.15, 0.2) is 6.07 Å². The van der Waals surface area contributed by atoms with Crippen LogP contribution in [0, 0.1) is 6.92 Å². The maximum Gasteiger partial charge on any atom is 0.226 e. The highest BCUT2D eigenvalue weighted by Crippen LogP contribution is 2.32. The largest absolute Gasteiger partial charge is 0.367 e. The Morgan fingerprint density at radius 3 is 2.89 bits per heavy atom. The summed E-state index contributed by atoms with van der Waals surface area (Å²) in [5.74, 6) is 1.75. The van der Waals surface area contributed by atoms with Crippen molar-refractivity contribution in [2.75, 3.05) is 17.2 Å². The zero-order valence-electron chi connectivity index (χ0n) is 11.5. The molecule has 0 radical (unpaired) electrons. The Hall–Kier alpha value is -1.36. The van der Waals surface area contributed by atoms with Gasteiger partial charge in [0.2, 0.25) is 5.95 Å². The van der Waals surface area contributed by atoms with Gasteiger partial charge in [-0.05, 0) is 38.7 Å². The summed E-state index contributed by atoms with van der Waals surface area (Å²) in [6.07, 6.45) is 4.92. The molecule has 1 aliphatic carbocycles. The fourth-order valence-electron chi connectivity index (χ4n) is 2.21. The number of aromatic nitrogens is 2. The summed E-state index contributed by atoms with van der Waals surface area (Å²) in [5.41, 5.74) is 0. The quantitative estimate of drug-likeness (QED) is 0.872. The third kappa shape index (κ3) is 2.66. The Bertz CT molecular complexity index is 574. The molecule has 0 bridgehead atoms. The topological polar surface area (TPSA) is 49.8 Å². The molecule has 0 spiro atoms. The van der Waals surface area contributed by atoms with E-state index in [-0.39, 0.29) is 0 Å². The molecule has 1 fully saturated rings. The van der Waals surface area contributed by atoms with Crippen LogP contribution in [0.1, 0.15) is 37.5 Å². The summed E-state index contributed by atoms with van der Waals surface area (Å²) in [7, 11) is 0. The van der Waals surface area contributed by atoms with Crippen molar-refractivity contribution in [2.45, 2.75) is 45.6 Å². The van der Waals surface area contributed by atoms with Crippen LogP contribution in [0.25, 0.3) is 10.2 Å². The molecule has 2 N–H and O–H groups in total. The SMILES string of the molecule is CCCNc1nc(NC2CCC2)c2cc(C)sc2n1. The van der Waals surface area contributed by atoms with Crippen molar-refractivity contribution < 1.29 is 0 Å². The van der Waals surface area contributed by atoms with Gasteiger partial charge in [0.15, 0.2) is 0 Å². The van der Waals surface area contributed by atoms with E-state index >= 15 is 0 Å². The Kier molecular flexibility index (Phi) is 3.55. The summed E-state index contributed by atoms with van der Waals surface area (Å²) >= 11 is 1.74. The van der Waals surface area contributed by atoms with Crippen molar-refractivity contribution >= 4 is 33.3 Å². The second-order valence-electron chi connectivity index (χ2n) is 5.17. The Morgan fingerprint density at radius 2 is 2.21 bits per heavy atom. The molecule has 0 aromatic carbocycles. The maximum absolute atomic E-state index is 4.65. The van der Waals surface area contributed by atoms with E-state index in [9.17, 15) is 0 Å². The molecule has 3 rings (SSSR count). The lowest BCUT2D eigenvalue weighted by Crippen LogP contribution is -2.27. The first-order chi connectivity index (χ1) is 9.26. The molecular weight excluding hydrogens is 256 g/mol. The van der Waals surface area contributed by atoms with E-state index in [0.29, 0.717) is 6.04 Å². The summed E-state index contributed by atoms with van der Waals surface area (Å²) in [5, 5.41) is 8.02. The molecule has 0 aliphatic heterocycles. The van der Waals surface area contributed by atoms with Crippen molar-refractivity contribution in [2.24, 2.45) is 0 Å². The van der Waals surface area contributed by atoms with E-state index in [1.165, 1.54) is 24.1 Å². The molecule has 1 saturated carbocycles. The van der Waals surface area contributed by atoms with E-state index < -0.39 is 0 Å². The molecule has 0 saturated heterocycles. The zero-order valence-corrected chi connectivity index (χ0v) is 12.3. The number of thiophene rings is 1. The predicted octanol–water partition coefficient (Wildman–Crippen LogP) is 3.79. The van der Waals surface area contributed by atoms with Crippen LogP contribution in [-0.4, -0.2) is 22.6 Å². The highest BCUT2D eigenvalue weighted by atomic mass is 32.1. The highest BCUT2D eigenvalue weighted by Gasteiger charge is 2.19. The Balaban J connectivity index is 1.94. The van der Waals surface area contributed by atoms with Gasteiger partial charge in [0.25, 0.3) is 0 Å². The number of nitrogens with zero attached hydrogens (tertiary/aromatic N) is 2. The number of hydrogen-bond acceptors (Lipinski definition) is 5. The molecule has 5 heteroatoms. The average molecular weight is 276 g/mol. The van der Waals surface area contributed by atoms with Crippen molar-refractivity contribution in [1.82, 2.24) is 9.97 Å². The minimum atomic E-state index is 0.595. The molecule has 0 unspecified atom stereocenters. The predicted molar refractivity (Wildman–Crippen MR) is 82.2 cm³/mol. The second-order valence-corrected chi connectivity index (χ2v) is 6.41. The first kappa shape index (κ1) is 12.7. The lowest BCUT2D eigenvalue weighted by atomic mass is 9.93. The molecular formula is C14H20N4S. The van der Waals surface area contributed by atoms with Crippen LogP contribution in [0.3, 0.4) is 0 Å². The minimum absolute atomic E-state index is 0.595. The molecule has 4 nitrogen and oxygen atoms in total. The summed E-state index contributed by atoms with van der Waals surface area (Å²) in [6.45, 7) is 5.19. The Labute approximate surface area is 117 Å². The van der Waals surface area contributed by atoms with Crippen LogP contribution >= 0.6 is 11.3 Å². The average Bonchev–Trinajstić information content (AvgIpc) is 2.71. The fourth-order valence-corrected chi connectivity index (χ4v) is 3.09. The number of rotatable bonds is 5. The van der Waals surface area contributed by atoms with E-state index in [1.807, 2.05) is 0 Å². The standard InChI is InChI=1S/C14H20N4S/c1-3-7-15-14-17-12(16-10-5-4-6-10)11-8-9(2)19-13(11)18-14/h8,10H,3-7H2,1-2H3,(H2,15,16,17,18). The van der Waals surface area contributed by atoms with Gasteiger partial charge in [-0.25, -0.2) is 4.98 Å². The van der Waals surface area contributed by atoms with E-state index in [1.54, 1.807) is 11.3 Å². The lowest BCUT2D eigenvalue weighted by molar-refractivity contribution is 0.445. The number of aryl methyl sites for hydroxylation is 1.